The maximum absolute atomic E-state index is 11.8. The van der Waals surface area contributed by atoms with Crippen molar-refractivity contribution in [3.8, 4) is 28.4 Å². The zero-order valence-corrected chi connectivity index (χ0v) is 15.5. The molecule has 0 saturated carbocycles. The number of benzene rings is 2. The van der Waals surface area contributed by atoms with Crippen LogP contribution in [0.25, 0.3) is 23.0 Å². The number of hydrogen-bond donors (Lipinski definition) is 0. The molecule has 0 atom stereocenters. The molecule has 0 aliphatic carbocycles. The van der Waals surface area contributed by atoms with Crippen LogP contribution in [-0.4, -0.2) is 35.6 Å². The summed E-state index contributed by atoms with van der Waals surface area (Å²) in [6.07, 6.45) is 5.02. The number of para-hydroxylation sites is 1. The Bertz CT molecular complexity index is 1010. The van der Waals surface area contributed by atoms with Crippen LogP contribution in [0.4, 0.5) is 0 Å². The molecule has 1 aliphatic rings. The lowest BCUT2D eigenvalue weighted by atomic mass is 10.1. The van der Waals surface area contributed by atoms with E-state index >= 15 is 0 Å². The number of carbonyl (C=O) groups is 1. The van der Waals surface area contributed by atoms with Gasteiger partial charge in [0.2, 0.25) is 0 Å². The van der Waals surface area contributed by atoms with E-state index in [-0.39, 0.29) is 5.97 Å². The van der Waals surface area contributed by atoms with Crippen LogP contribution >= 0.6 is 0 Å². The van der Waals surface area contributed by atoms with E-state index < -0.39 is 0 Å². The fraction of sp³-hybridized carbons (Fsp3) is 0.182. The van der Waals surface area contributed by atoms with Gasteiger partial charge in [0.15, 0.2) is 11.5 Å². The lowest BCUT2D eigenvalue weighted by Crippen LogP contribution is -2.15. The summed E-state index contributed by atoms with van der Waals surface area (Å²) in [4.78, 5) is 11.8. The molecule has 0 amide bonds. The Hall–Kier alpha value is -3.54. The SMILES string of the molecule is CCOC(=O)/C=C/c1cn(-c2ccccc2)nc1-c1ccc2c(c1)OCCO2. The topological polar surface area (TPSA) is 62.6 Å². The highest BCUT2D eigenvalue weighted by Gasteiger charge is 2.16. The molecule has 0 radical (unpaired) electrons. The second-order valence-corrected chi connectivity index (χ2v) is 6.16. The van der Waals surface area contributed by atoms with E-state index in [2.05, 4.69) is 0 Å². The zero-order valence-electron chi connectivity index (χ0n) is 15.5. The fourth-order valence-corrected chi connectivity index (χ4v) is 2.99. The van der Waals surface area contributed by atoms with Crippen molar-refractivity contribution in [3.05, 3.63) is 66.4 Å². The summed E-state index contributed by atoms with van der Waals surface area (Å²) < 4.78 is 18.1. The van der Waals surface area contributed by atoms with Crippen LogP contribution < -0.4 is 9.47 Å². The van der Waals surface area contributed by atoms with Gasteiger partial charge in [0.1, 0.15) is 18.9 Å². The Morgan fingerprint density at radius 3 is 2.71 bits per heavy atom. The molecule has 6 heteroatoms. The number of fused-ring (bicyclic) bond motifs is 1. The molecule has 1 aromatic heterocycles. The summed E-state index contributed by atoms with van der Waals surface area (Å²) in [6.45, 7) is 3.17. The molecule has 0 fully saturated rings. The van der Waals surface area contributed by atoms with Crippen LogP contribution in [0.2, 0.25) is 0 Å². The van der Waals surface area contributed by atoms with Gasteiger partial charge >= 0.3 is 5.97 Å². The third kappa shape index (κ3) is 3.76. The molecule has 4 rings (SSSR count). The van der Waals surface area contributed by atoms with Gasteiger partial charge < -0.3 is 14.2 Å². The van der Waals surface area contributed by atoms with Crippen molar-refractivity contribution in [1.82, 2.24) is 9.78 Å². The maximum atomic E-state index is 11.8. The Balaban J connectivity index is 1.76. The van der Waals surface area contributed by atoms with Crippen molar-refractivity contribution >= 4 is 12.0 Å². The van der Waals surface area contributed by atoms with Gasteiger partial charge in [-0.05, 0) is 43.3 Å². The molecule has 0 spiro atoms. The van der Waals surface area contributed by atoms with Gasteiger partial charge in [-0.15, -0.1) is 0 Å². The smallest absolute Gasteiger partial charge is 0.330 e. The van der Waals surface area contributed by atoms with Crippen molar-refractivity contribution < 1.29 is 19.0 Å². The normalized spacial score (nSPS) is 12.9. The van der Waals surface area contributed by atoms with Gasteiger partial charge in [0, 0.05) is 23.4 Å². The van der Waals surface area contributed by atoms with E-state index in [0.29, 0.717) is 25.6 Å². The first-order valence-corrected chi connectivity index (χ1v) is 9.14. The van der Waals surface area contributed by atoms with Crippen LogP contribution in [0.15, 0.2) is 60.8 Å². The minimum atomic E-state index is -0.386. The summed E-state index contributed by atoms with van der Waals surface area (Å²) in [6, 6.07) is 15.5. The van der Waals surface area contributed by atoms with Gasteiger partial charge in [-0.2, -0.15) is 5.10 Å². The highest BCUT2D eigenvalue weighted by Crippen LogP contribution is 2.35. The number of aromatic nitrogens is 2. The lowest BCUT2D eigenvalue weighted by molar-refractivity contribution is -0.137. The predicted octanol–water partition coefficient (Wildman–Crippen LogP) is 3.89. The van der Waals surface area contributed by atoms with E-state index in [9.17, 15) is 4.79 Å². The number of ether oxygens (including phenoxy) is 3. The van der Waals surface area contributed by atoms with Crippen LogP contribution in [0.5, 0.6) is 11.5 Å². The monoisotopic (exact) mass is 376 g/mol. The number of nitrogens with zero attached hydrogens (tertiary/aromatic N) is 2. The van der Waals surface area contributed by atoms with Gasteiger partial charge in [-0.25, -0.2) is 9.48 Å². The van der Waals surface area contributed by atoms with Gasteiger partial charge in [-0.3, -0.25) is 0 Å². The molecule has 0 bridgehead atoms. The summed E-state index contributed by atoms with van der Waals surface area (Å²) in [5.74, 6) is 1.03. The minimum Gasteiger partial charge on any atom is -0.486 e. The van der Waals surface area contributed by atoms with E-state index in [1.807, 2.05) is 54.7 Å². The molecule has 0 saturated heterocycles. The number of hydrogen-bond acceptors (Lipinski definition) is 5. The maximum Gasteiger partial charge on any atom is 0.330 e. The second kappa shape index (κ2) is 8.00. The first-order valence-electron chi connectivity index (χ1n) is 9.14. The molecule has 0 unspecified atom stereocenters. The van der Waals surface area contributed by atoms with Crippen LogP contribution in [0, 0.1) is 0 Å². The van der Waals surface area contributed by atoms with Crippen molar-refractivity contribution in [3.63, 3.8) is 0 Å². The molecule has 3 aromatic rings. The Morgan fingerprint density at radius 2 is 1.93 bits per heavy atom. The number of carbonyl (C=O) groups excluding carboxylic acids is 1. The van der Waals surface area contributed by atoms with E-state index in [1.54, 1.807) is 17.7 Å². The van der Waals surface area contributed by atoms with E-state index in [4.69, 9.17) is 19.3 Å². The third-order valence-corrected chi connectivity index (χ3v) is 4.26. The lowest BCUT2D eigenvalue weighted by Gasteiger charge is -2.18. The first-order chi connectivity index (χ1) is 13.7. The summed E-state index contributed by atoms with van der Waals surface area (Å²) in [5, 5.41) is 4.74. The fourth-order valence-electron chi connectivity index (χ4n) is 2.99. The van der Waals surface area contributed by atoms with Crippen LogP contribution in [0.1, 0.15) is 12.5 Å². The molecule has 142 valence electrons. The van der Waals surface area contributed by atoms with Crippen LogP contribution in [0.3, 0.4) is 0 Å². The summed E-state index contributed by atoms with van der Waals surface area (Å²) in [5.41, 5.74) is 3.34. The quantitative estimate of drug-likeness (QED) is 0.499. The van der Waals surface area contributed by atoms with Gasteiger partial charge in [-0.1, -0.05) is 18.2 Å². The molecular formula is C22H20N2O4. The summed E-state index contributed by atoms with van der Waals surface area (Å²) in [7, 11) is 0. The third-order valence-electron chi connectivity index (χ3n) is 4.26. The Labute approximate surface area is 163 Å². The number of rotatable bonds is 5. The minimum absolute atomic E-state index is 0.335. The summed E-state index contributed by atoms with van der Waals surface area (Å²) >= 11 is 0. The van der Waals surface area contributed by atoms with Gasteiger partial charge in [0.05, 0.1) is 12.3 Å². The number of esters is 1. The van der Waals surface area contributed by atoms with Crippen molar-refractivity contribution in [2.45, 2.75) is 6.92 Å². The zero-order chi connectivity index (χ0) is 19.3. The molecule has 1 aliphatic heterocycles. The highest BCUT2D eigenvalue weighted by molar-refractivity contribution is 5.88. The van der Waals surface area contributed by atoms with Crippen molar-refractivity contribution in [2.75, 3.05) is 19.8 Å². The molecule has 2 aromatic carbocycles. The molecule has 2 heterocycles. The van der Waals surface area contributed by atoms with E-state index in [1.165, 1.54) is 6.08 Å². The molecule has 0 N–H and O–H groups in total. The van der Waals surface area contributed by atoms with E-state index in [0.717, 1.165) is 28.3 Å². The highest BCUT2D eigenvalue weighted by atomic mass is 16.6. The standard InChI is InChI=1S/C22H20N2O4/c1-2-26-21(25)11-9-17-15-24(18-6-4-3-5-7-18)23-22(17)16-8-10-19-20(14-16)28-13-12-27-19/h3-11,14-15H,2,12-13H2,1H3/b11-9+. The average molecular weight is 376 g/mol. The van der Waals surface area contributed by atoms with Crippen molar-refractivity contribution in [2.24, 2.45) is 0 Å². The molecule has 6 nitrogen and oxygen atoms in total. The van der Waals surface area contributed by atoms with Gasteiger partial charge in [0.25, 0.3) is 0 Å². The predicted molar refractivity (Wildman–Crippen MR) is 106 cm³/mol. The largest absolute Gasteiger partial charge is 0.486 e. The first kappa shape index (κ1) is 17.9. The van der Waals surface area contributed by atoms with Crippen LogP contribution in [-0.2, 0) is 9.53 Å². The average Bonchev–Trinajstić information content (AvgIpc) is 3.17. The molecular weight excluding hydrogens is 356 g/mol. The Morgan fingerprint density at radius 1 is 1.14 bits per heavy atom. The Kier molecular flexibility index (Phi) is 5.10. The molecule has 28 heavy (non-hydrogen) atoms. The van der Waals surface area contributed by atoms with Crippen molar-refractivity contribution in [1.29, 1.82) is 0 Å². The second-order valence-electron chi connectivity index (χ2n) is 6.16.